The fourth-order valence-corrected chi connectivity index (χ4v) is 2.68. The zero-order valence-electron chi connectivity index (χ0n) is 13.1. The van der Waals surface area contributed by atoms with Crippen LogP contribution in [0.1, 0.15) is 38.2 Å². The lowest BCUT2D eigenvalue weighted by molar-refractivity contribution is 0.477. The maximum Gasteiger partial charge on any atom is 0.193 e. The Hall–Kier alpha value is -1.52. The number of hydrogen-bond donors (Lipinski definition) is 1. The summed E-state index contributed by atoms with van der Waals surface area (Å²) in [6, 6.07) is 0. The first kappa shape index (κ1) is 14.9. The van der Waals surface area contributed by atoms with Gasteiger partial charge in [0, 0.05) is 45.8 Å². The van der Waals surface area contributed by atoms with E-state index in [9.17, 15) is 0 Å². The molecule has 0 spiro atoms. The molecule has 0 aliphatic carbocycles. The topological polar surface area (TPSA) is 45.5 Å². The monoisotopic (exact) mass is 277 g/mol. The van der Waals surface area contributed by atoms with E-state index in [0.717, 1.165) is 31.5 Å². The third-order valence-corrected chi connectivity index (χ3v) is 3.90. The van der Waals surface area contributed by atoms with Crippen molar-refractivity contribution < 1.29 is 0 Å². The standard InChI is InChI=1S/C15H27N5/c1-12(2)5-7-17-15(16-3)20-8-6-13(11-20)14-9-18-19(4)10-14/h9-10,12-13H,5-8,11H2,1-4H3,(H,16,17). The zero-order chi connectivity index (χ0) is 14.5. The van der Waals surface area contributed by atoms with Crippen LogP contribution in [0, 0.1) is 5.92 Å². The summed E-state index contributed by atoms with van der Waals surface area (Å²) in [6.07, 6.45) is 6.47. The van der Waals surface area contributed by atoms with Gasteiger partial charge in [-0.3, -0.25) is 9.67 Å². The number of likely N-dealkylation sites (tertiary alicyclic amines) is 1. The molecule has 1 N–H and O–H groups in total. The van der Waals surface area contributed by atoms with Gasteiger partial charge in [-0.05, 0) is 24.3 Å². The molecular weight excluding hydrogens is 250 g/mol. The van der Waals surface area contributed by atoms with Crippen molar-refractivity contribution in [2.24, 2.45) is 18.0 Å². The van der Waals surface area contributed by atoms with Crippen LogP contribution in [0.4, 0.5) is 0 Å². The van der Waals surface area contributed by atoms with Gasteiger partial charge in [0.15, 0.2) is 5.96 Å². The van der Waals surface area contributed by atoms with Gasteiger partial charge < -0.3 is 10.2 Å². The Labute approximate surface area is 122 Å². The van der Waals surface area contributed by atoms with Crippen LogP contribution in [0.15, 0.2) is 17.4 Å². The number of rotatable bonds is 4. The molecule has 0 bridgehead atoms. The minimum atomic E-state index is 0.576. The largest absolute Gasteiger partial charge is 0.356 e. The minimum Gasteiger partial charge on any atom is -0.356 e. The highest BCUT2D eigenvalue weighted by Crippen LogP contribution is 2.26. The second-order valence-electron chi connectivity index (χ2n) is 6.04. The van der Waals surface area contributed by atoms with Gasteiger partial charge >= 0.3 is 0 Å². The highest BCUT2D eigenvalue weighted by atomic mass is 15.3. The smallest absolute Gasteiger partial charge is 0.193 e. The van der Waals surface area contributed by atoms with Gasteiger partial charge in [-0.15, -0.1) is 0 Å². The third kappa shape index (κ3) is 3.74. The molecule has 1 atom stereocenters. The van der Waals surface area contributed by atoms with Crippen molar-refractivity contribution in [2.75, 3.05) is 26.7 Å². The number of nitrogens with zero attached hydrogens (tertiary/aromatic N) is 4. The Morgan fingerprint density at radius 3 is 2.95 bits per heavy atom. The molecule has 5 heteroatoms. The van der Waals surface area contributed by atoms with Crippen molar-refractivity contribution >= 4 is 5.96 Å². The molecule has 2 rings (SSSR count). The first-order valence-corrected chi connectivity index (χ1v) is 7.54. The summed E-state index contributed by atoms with van der Waals surface area (Å²) in [6.45, 7) is 7.60. The van der Waals surface area contributed by atoms with E-state index in [1.54, 1.807) is 0 Å². The SMILES string of the molecule is CN=C(NCCC(C)C)N1CCC(c2cnn(C)c2)C1. The van der Waals surface area contributed by atoms with Gasteiger partial charge in [0.1, 0.15) is 0 Å². The van der Waals surface area contributed by atoms with Crippen molar-refractivity contribution in [3.05, 3.63) is 18.0 Å². The average Bonchev–Trinajstić information content (AvgIpc) is 3.03. The fraction of sp³-hybridized carbons (Fsp3) is 0.733. The van der Waals surface area contributed by atoms with Crippen LogP contribution in [0.3, 0.4) is 0 Å². The maximum absolute atomic E-state index is 4.41. The molecule has 1 aromatic heterocycles. The predicted molar refractivity (Wildman–Crippen MR) is 83.0 cm³/mol. The van der Waals surface area contributed by atoms with E-state index < -0.39 is 0 Å². The molecule has 112 valence electrons. The van der Waals surface area contributed by atoms with Crippen molar-refractivity contribution in [3.8, 4) is 0 Å². The van der Waals surface area contributed by atoms with Crippen molar-refractivity contribution in [1.82, 2.24) is 20.0 Å². The zero-order valence-corrected chi connectivity index (χ0v) is 13.1. The number of aliphatic imine (C=N–C) groups is 1. The van der Waals surface area contributed by atoms with E-state index in [-0.39, 0.29) is 0 Å². The first-order valence-electron chi connectivity index (χ1n) is 7.54. The van der Waals surface area contributed by atoms with Gasteiger partial charge in [0.25, 0.3) is 0 Å². The highest BCUT2D eigenvalue weighted by Gasteiger charge is 2.26. The number of guanidine groups is 1. The van der Waals surface area contributed by atoms with Crippen LogP contribution in [-0.2, 0) is 7.05 Å². The summed E-state index contributed by atoms with van der Waals surface area (Å²) in [5.74, 6) is 2.34. The second-order valence-corrected chi connectivity index (χ2v) is 6.04. The fourth-order valence-electron chi connectivity index (χ4n) is 2.68. The molecule has 0 aromatic carbocycles. The molecule has 1 aliphatic rings. The number of aromatic nitrogens is 2. The minimum absolute atomic E-state index is 0.576. The summed E-state index contributed by atoms with van der Waals surface area (Å²) in [5.41, 5.74) is 1.34. The highest BCUT2D eigenvalue weighted by molar-refractivity contribution is 5.80. The number of aryl methyl sites for hydroxylation is 1. The van der Waals surface area contributed by atoms with E-state index in [0.29, 0.717) is 5.92 Å². The molecule has 1 aliphatic heterocycles. The number of hydrogen-bond acceptors (Lipinski definition) is 2. The molecule has 1 unspecified atom stereocenters. The van der Waals surface area contributed by atoms with E-state index in [1.807, 2.05) is 25.0 Å². The maximum atomic E-state index is 4.41. The Balaban J connectivity index is 1.87. The molecule has 1 fully saturated rings. The molecule has 0 amide bonds. The van der Waals surface area contributed by atoms with Crippen molar-refractivity contribution in [3.63, 3.8) is 0 Å². The first-order chi connectivity index (χ1) is 9.60. The van der Waals surface area contributed by atoms with Crippen molar-refractivity contribution in [1.29, 1.82) is 0 Å². The molecule has 5 nitrogen and oxygen atoms in total. The van der Waals surface area contributed by atoms with Gasteiger partial charge in [0.2, 0.25) is 0 Å². The Morgan fingerprint density at radius 1 is 1.55 bits per heavy atom. The molecule has 0 saturated carbocycles. The average molecular weight is 277 g/mol. The van der Waals surface area contributed by atoms with Crippen LogP contribution < -0.4 is 5.32 Å². The molecule has 1 saturated heterocycles. The van der Waals surface area contributed by atoms with Gasteiger partial charge in [-0.1, -0.05) is 13.8 Å². The lowest BCUT2D eigenvalue weighted by Crippen LogP contribution is -2.40. The summed E-state index contributed by atoms with van der Waals surface area (Å²) < 4.78 is 1.88. The Kier molecular flexibility index (Phi) is 5.04. The van der Waals surface area contributed by atoms with E-state index in [2.05, 4.69) is 40.4 Å². The summed E-state index contributed by atoms with van der Waals surface area (Å²) >= 11 is 0. The van der Waals surface area contributed by atoms with Crippen LogP contribution in [0.25, 0.3) is 0 Å². The molecular formula is C15H27N5. The van der Waals surface area contributed by atoms with Crippen molar-refractivity contribution in [2.45, 2.75) is 32.6 Å². The molecule has 1 aromatic rings. The predicted octanol–water partition coefficient (Wildman–Crippen LogP) is 1.83. The molecule has 2 heterocycles. The van der Waals surface area contributed by atoms with Gasteiger partial charge in [-0.25, -0.2) is 0 Å². The van der Waals surface area contributed by atoms with Crippen LogP contribution in [-0.4, -0.2) is 47.3 Å². The second kappa shape index (κ2) is 6.77. The van der Waals surface area contributed by atoms with Gasteiger partial charge in [0.05, 0.1) is 6.20 Å². The van der Waals surface area contributed by atoms with Crippen LogP contribution in [0.2, 0.25) is 0 Å². The third-order valence-electron chi connectivity index (χ3n) is 3.90. The quantitative estimate of drug-likeness (QED) is 0.674. The van der Waals surface area contributed by atoms with E-state index in [1.165, 1.54) is 18.4 Å². The summed E-state index contributed by atoms with van der Waals surface area (Å²) in [5, 5.41) is 7.75. The van der Waals surface area contributed by atoms with E-state index >= 15 is 0 Å². The van der Waals surface area contributed by atoms with E-state index in [4.69, 9.17) is 0 Å². The van der Waals surface area contributed by atoms with Crippen LogP contribution >= 0.6 is 0 Å². The summed E-state index contributed by atoms with van der Waals surface area (Å²) in [7, 11) is 3.84. The Bertz CT molecular complexity index is 449. The normalized spacial score (nSPS) is 19.9. The number of nitrogens with one attached hydrogen (secondary N) is 1. The lowest BCUT2D eigenvalue weighted by atomic mass is 10.0. The van der Waals surface area contributed by atoms with Gasteiger partial charge in [-0.2, -0.15) is 5.10 Å². The van der Waals surface area contributed by atoms with Crippen LogP contribution in [0.5, 0.6) is 0 Å². The Morgan fingerprint density at radius 2 is 2.35 bits per heavy atom. The summed E-state index contributed by atoms with van der Waals surface area (Å²) in [4.78, 5) is 6.77. The molecule has 0 radical (unpaired) electrons. The molecule has 20 heavy (non-hydrogen) atoms. The lowest BCUT2D eigenvalue weighted by Gasteiger charge is -2.22.